The topological polar surface area (TPSA) is 0 Å². The summed E-state index contributed by atoms with van der Waals surface area (Å²) in [6.07, 6.45) is 1.17. The first-order chi connectivity index (χ1) is 8.57. The second kappa shape index (κ2) is 5.53. The maximum Gasteiger partial charge on any atom is 0.0525 e. The first-order valence-corrected chi connectivity index (χ1v) is 10.2. The van der Waals surface area contributed by atoms with E-state index in [1.165, 1.54) is 17.5 Å². The van der Waals surface area contributed by atoms with Gasteiger partial charge in [-0.15, -0.1) is 0 Å². The molecule has 0 bridgehead atoms. The Bertz CT molecular complexity index is 468. The second-order valence-corrected chi connectivity index (χ2v) is 11.4. The molecule has 0 aromatic heterocycles. The fourth-order valence-corrected chi connectivity index (χ4v) is 4.50. The lowest BCUT2D eigenvalue weighted by molar-refractivity contribution is 0.877. The number of rotatable bonds is 4. The Morgan fingerprint density at radius 3 is 1.78 bits per heavy atom. The Labute approximate surface area is 112 Å². The quantitative estimate of drug-likeness (QED) is 0.681. The highest BCUT2D eigenvalue weighted by Gasteiger charge is 2.27. The van der Waals surface area contributed by atoms with Gasteiger partial charge in [-0.05, 0) is 23.1 Å². The molecule has 2 aromatic rings. The maximum atomic E-state index is 2.47. The van der Waals surface area contributed by atoms with Gasteiger partial charge < -0.3 is 0 Å². The van der Waals surface area contributed by atoms with Gasteiger partial charge in [-0.1, -0.05) is 80.3 Å². The predicted octanol–water partition coefficient (Wildman–Crippen LogP) is 4.89. The zero-order chi connectivity index (χ0) is 13.0. The summed E-state index contributed by atoms with van der Waals surface area (Å²) in [7, 11) is -1.21. The monoisotopic (exact) mass is 254 g/mol. The number of benzene rings is 2. The Hall–Kier alpha value is -1.34. The van der Waals surface area contributed by atoms with Crippen molar-refractivity contribution in [2.75, 3.05) is 0 Å². The van der Waals surface area contributed by atoms with Crippen molar-refractivity contribution in [1.29, 1.82) is 0 Å². The van der Waals surface area contributed by atoms with Crippen molar-refractivity contribution in [3.63, 3.8) is 0 Å². The molecule has 18 heavy (non-hydrogen) atoms. The van der Waals surface area contributed by atoms with E-state index in [2.05, 4.69) is 80.3 Å². The van der Waals surface area contributed by atoms with E-state index in [4.69, 9.17) is 0 Å². The van der Waals surface area contributed by atoms with Crippen molar-refractivity contribution in [2.45, 2.75) is 31.6 Å². The van der Waals surface area contributed by atoms with E-state index < -0.39 is 8.07 Å². The summed E-state index contributed by atoms with van der Waals surface area (Å²) >= 11 is 0. The lowest BCUT2D eigenvalue weighted by Gasteiger charge is -2.29. The van der Waals surface area contributed by atoms with Crippen LogP contribution in [0.15, 0.2) is 60.7 Å². The van der Waals surface area contributed by atoms with Gasteiger partial charge in [-0.2, -0.15) is 0 Å². The van der Waals surface area contributed by atoms with E-state index in [-0.39, 0.29) is 0 Å². The molecule has 0 nitrogen and oxygen atoms in total. The van der Waals surface area contributed by atoms with Crippen LogP contribution in [0, 0.1) is 0 Å². The Balaban J connectivity index is 2.28. The molecule has 1 unspecified atom stereocenters. The summed E-state index contributed by atoms with van der Waals surface area (Å²) < 4.78 is 0. The Morgan fingerprint density at radius 2 is 1.28 bits per heavy atom. The van der Waals surface area contributed by atoms with Crippen LogP contribution < -0.4 is 0 Å². The smallest absolute Gasteiger partial charge is 0.0525 e. The summed E-state index contributed by atoms with van der Waals surface area (Å²) in [5.41, 5.74) is 3.65. The van der Waals surface area contributed by atoms with Gasteiger partial charge >= 0.3 is 0 Å². The van der Waals surface area contributed by atoms with Crippen molar-refractivity contribution in [1.82, 2.24) is 0 Å². The highest BCUT2D eigenvalue weighted by Crippen LogP contribution is 2.30. The first-order valence-electron chi connectivity index (χ1n) is 6.66. The molecule has 1 heteroatoms. The third kappa shape index (κ3) is 3.33. The van der Waals surface area contributed by atoms with E-state index in [1.54, 1.807) is 0 Å². The average Bonchev–Trinajstić information content (AvgIpc) is 2.37. The molecule has 2 aromatic carbocycles. The molecule has 2 rings (SSSR count). The maximum absolute atomic E-state index is 2.47. The number of hydrogen-bond acceptors (Lipinski definition) is 0. The van der Waals surface area contributed by atoms with Gasteiger partial charge in [-0.25, -0.2) is 0 Å². The molecule has 0 heterocycles. The highest BCUT2D eigenvalue weighted by molar-refractivity contribution is 6.77. The average molecular weight is 254 g/mol. The van der Waals surface area contributed by atoms with Crippen LogP contribution in [-0.2, 0) is 6.42 Å². The van der Waals surface area contributed by atoms with Gasteiger partial charge in [0.25, 0.3) is 0 Å². The minimum atomic E-state index is -1.21. The molecule has 0 fully saturated rings. The van der Waals surface area contributed by atoms with Gasteiger partial charge in [-0.3, -0.25) is 0 Å². The van der Waals surface area contributed by atoms with Gasteiger partial charge in [0.1, 0.15) is 0 Å². The molecule has 1 atom stereocenters. The molecule has 0 amide bonds. The standard InChI is InChI=1S/C17H22Si/c1-18(2,3)17(16-12-8-5-9-13-16)14-15-10-6-4-7-11-15/h4-13,17H,14H2,1-3H3. The molecule has 0 spiro atoms. The van der Waals surface area contributed by atoms with Crippen LogP contribution in [0.4, 0.5) is 0 Å². The molecule has 0 radical (unpaired) electrons. The third-order valence-electron chi connectivity index (χ3n) is 3.53. The van der Waals surface area contributed by atoms with E-state index in [9.17, 15) is 0 Å². The van der Waals surface area contributed by atoms with Crippen LogP contribution in [0.5, 0.6) is 0 Å². The molecule has 0 aliphatic carbocycles. The fourth-order valence-electron chi connectivity index (χ4n) is 2.46. The summed E-state index contributed by atoms with van der Waals surface area (Å²) in [6, 6.07) is 21.9. The minimum Gasteiger partial charge on any atom is -0.0691 e. The second-order valence-electron chi connectivity index (χ2n) is 6.02. The SMILES string of the molecule is C[Si](C)(C)C(Cc1ccccc1)c1ccccc1. The number of hydrogen-bond donors (Lipinski definition) is 0. The molecule has 0 aliphatic heterocycles. The highest BCUT2D eigenvalue weighted by atomic mass is 28.3. The van der Waals surface area contributed by atoms with Crippen molar-refractivity contribution in [3.05, 3.63) is 71.8 Å². The van der Waals surface area contributed by atoms with Crippen LogP contribution >= 0.6 is 0 Å². The van der Waals surface area contributed by atoms with Crippen LogP contribution in [0.2, 0.25) is 19.6 Å². The van der Waals surface area contributed by atoms with Crippen LogP contribution in [0.25, 0.3) is 0 Å². The van der Waals surface area contributed by atoms with Gasteiger partial charge in [0, 0.05) is 0 Å². The Kier molecular flexibility index (Phi) is 4.03. The van der Waals surface area contributed by atoms with E-state index in [0.29, 0.717) is 5.54 Å². The van der Waals surface area contributed by atoms with E-state index in [0.717, 1.165) is 0 Å². The predicted molar refractivity (Wildman–Crippen MR) is 82.7 cm³/mol. The molecule has 0 saturated heterocycles. The molecular weight excluding hydrogens is 232 g/mol. The fraction of sp³-hybridized carbons (Fsp3) is 0.294. The van der Waals surface area contributed by atoms with Crippen molar-refractivity contribution < 1.29 is 0 Å². The molecule has 0 saturated carbocycles. The summed E-state index contributed by atoms with van der Waals surface area (Å²) in [5.74, 6) is 0. The molecule has 94 valence electrons. The normalized spacial score (nSPS) is 13.3. The molecular formula is C17H22Si. The zero-order valence-corrected chi connectivity index (χ0v) is 12.6. The minimum absolute atomic E-state index is 0.695. The molecule has 0 N–H and O–H groups in total. The largest absolute Gasteiger partial charge is 0.0691 e. The summed E-state index contributed by atoms with van der Waals surface area (Å²) in [6.45, 7) is 7.40. The lowest BCUT2D eigenvalue weighted by Crippen LogP contribution is -2.32. The Morgan fingerprint density at radius 1 is 0.778 bits per heavy atom. The molecule has 0 aliphatic rings. The van der Waals surface area contributed by atoms with Crippen LogP contribution in [-0.4, -0.2) is 8.07 Å². The van der Waals surface area contributed by atoms with Crippen LogP contribution in [0.3, 0.4) is 0 Å². The van der Waals surface area contributed by atoms with Crippen molar-refractivity contribution in [2.24, 2.45) is 0 Å². The van der Waals surface area contributed by atoms with Crippen molar-refractivity contribution in [3.8, 4) is 0 Å². The lowest BCUT2D eigenvalue weighted by atomic mass is 10.0. The summed E-state index contributed by atoms with van der Waals surface area (Å²) in [5, 5.41) is 0. The van der Waals surface area contributed by atoms with Crippen LogP contribution in [0.1, 0.15) is 16.7 Å². The third-order valence-corrected chi connectivity index (χ3v) is 6.16. The van der Waals surface area contributed by atoms with Gasteiger partial charge in [0.2, 0.25) is 0 Å². The van der Waals surface area contributed by atoms with E-state index >= 15 is 0 Å². The zero-order valence-electron chi connectivity index (χ0n) is 11.6. The van der Waals surface area contributed by atoms with Gasteiger partial charge in [0.15, 0.2) is 0 Å². The van der Waals surface area contributed by atoms with E-state index in [1.807, 2.05) is 0 Å². The van der Waals surface area contributed by atoms with Crippen molar-refractivity contribution >= 4 is 8.07 Å². The van der Waals surface area contributed by atoms with Gasteiger partial charge in [0.05, 0.1) is 8.07 Å². The first kappa shape index (κ1) is 13.1. The summed E-state index contributed by atoms with van der Waals surface area (Å²) in [4.78, 5) is 0.